The Morgan fingerprint density at radius 2 is 1.37 bits per heavy atom. The van der Waals surface area contributed by atoms with E-state index in [2.05, 4.69) is 78.3 Å². The van der Waals surface area contributed by atoms with Crippen molar-refractivity contribution in [1.82, 2.24) is 16.0 Å². The van der Waals surface area contributed by atoms with Gasteiger partial charge in [-0.1, -0.05) is 40.5 Å². The maximum Gasteiger partial charge on any atom is 0.240 e. The Labute approximate surface area is 187 Å². The van der Waals surface area contributed by atoms with E-state index in [0.717, 1.165) is 6.54 Å². The highest BCUT2D eigenvalue weighted by Gasteiger charge is 2.36. The van der Waals surface area contributed by atoms with Crippen LogP contribution in [0.3, 0.4) is 0 Å². The van der Waals surface area contributed by atoms with Crippen molar-refractivity contribution in [2.75, 3.05) is 6.54 Å². The predicted molar refractivity (Wildman–Crippen MR) is 132 cm³/mol. The molecule has 1 heterocycles. The minimum atomic E-state index is -0.952. The van der Waals surface area contributed by atoms with Crippen molar-refractivity contribution in [3.8, 4) is 0 Å². The number of rotatable bonds is 3. The number of carbonyl (C=O) groups excluding carboxylic acids is 2. The van der Waals surface area contributed by atoms with Gasteiger partial charge in [-0.3, -0.25) is 9.59 Å². The summed E-state index contributed by atoms with van der Waals surface area (Å²) in [5, 5.41) is 9.70. The summed E-state index contributed by atoms with van der Waals surface area (Å²) in [6.45, 7) is 28.6. The van der Waals surface area contributed by atoms with Gasteiger partial charge < -0.3 is 21.7 Å². The van der Waals surface area contributed by atoms with E-state index in [1.807, 2.05) is 0 Å². The Hall–Kier alpha value is -0.980. The van der Waals surface area contributed by atoms with Crippen molar-refractivity contribution in [3.05, 3.63) is 0 Å². The molecule has 182 valence electrons. The molecule has 1 aliphatic heterocycles. The number of piperazine rings is 1. The van der Waals surface area contributed by atoms with Crippen LogP contribution in [0.4, 0.5) is 0 Å². The fraction of sp³-hybridized carbons (Fsp3) is 0.917. The van der Waals surface area contributed by atoms with E-state index in [1.54, 1.807) is 27.7 Å². The molecule has 0 bridgehead atoms. The van der Waals surface area contributed by atoms with Gasteiger partial charge in [0.2, 0.25) is 5.91 Å². The summed E-state index contributed by atoms with van der Waals surface area (Å²) in [6.07, 6.45) is 2.50. The van der Waals surface area contributed by atoms with Crippen LogP contribution in [-0.4, -0.2) is 46.4 Å². The topological polar surface area (TPSA) is 96.2 Å². The van der Waals surface area contributed by atoms with Crippen LogP contribution in [0.1, 0.15) is 110 Å². The van der Waals surface area contributed by atoms with Crippen LogP contribution in [0.5, 0.6) is 0 Å². The van der Waals surface area contributed by atoms with Gasteiger partial charge in [0.05, 0.1) is 11.1 Å². The van der Waals surface area contributed by atoms with Gasteiger partial charge in [-0.25, -0.2) is 0 Å². The zero-order valence-electron chi connectivity index (χ0n) is 22.6. The Kier molecular flexibility index (Phi) is 15.9. The third kappa shape index (κ3) is 15.8. The Balaban J connectivity index is -0.000000387. The number of hydrogen-bond donors (Lipinski definition) is 4. The molecule has 1 aliphatic rings. The van der Waals surface area contributed by atoms with Crippen molar-refractivity contribution < 1.29 is 9.59 Å². The van der Waals surface area contributed by atoms with Gasteiger partial charge in [0.1, 0.15) is 0 Å². The van der Waals surface area contributed by atoms with Crippen LogP contribution in [0.2, 0.25) is 0 Å². The van der Waals surface area contributed by atoms with Gasteiger partial charge in [-0.05, 0) is 69.2 Å². The number of ketones is 1. The van der Waals surface area contributed by atoms with E-state index >= 15 is 0 Å². The highest BCUT2D eigenvalue weighted by Crippen LogP contribution is 2.19. The van der Waals surface area contributed by atoms with E-state index in [9.17, 15) is 9.59 Å². The fourth-order valence-electron chi connectivity index (χ4n) is 2.22. The summed E-state index contributed by atoms with van der Waals surface area (Å²) in [7, 11) is 0. The molecule has 0 radical (unpaired) electrons. The summed E-state index contributed by atoms with van der Waals surface area (Å²) in [4.78, 5) is 22.5. The average molecular weight is 431 g/mol. The quantitative estimate of drug-likeness (QED) is 0.539. The van der Waals surface area contributed by atoms with Crippen molar-refractivity contribution >= 4 is 11.7 Å². The van der Waals surface area contributed by atoms with Gasteiger partial charge >= 0.3 is 0 Å². The minimum Gasteiger partial charge on any atom is -0.343 e. The molecule has 1 rings (SSSR count). The molecule has 0 aromatic heterocycles. The standard InChI is InChI=1S/C9H18N2O2.C9H20N2.2C3H8/c1-6(12)9(4,5)11-7(13)8(2,3)10;1-7-9(4,5)11-8(2,3)6-10-7;2*1-3-2/h10H2,1-5H3,(H,11,13);7,10-11H,6H2,1-5H3;2*3H2,1-2H3. The largest absolute Gasteiger partial charge is 0.343 e. The van der Waals surface area contributed by atoms with Gasteiger partial charge in [0.15, 0.2) is 5.78 Å². The van der Waals surface area contributed by atoms with Crippen LogP contribution in [-0.2, 0) is 9.59 Å². The second-order valence-electron chi connectivity index (χ2n) is 10.6. The fourth-order valence-corrected chi connectivity index (χ4v) is 2.22. The molecule has 5 N–H and O–H groups in total. The first-order valence-electron chi connectivity index (χ1n) is 11.4. The van der Waals surface area contributed by atoms with E-state index in [0.29, 0.717) is 6.04 Å². The summed E-state index contributed by atoms with van der Waals surface area (Å²) in [5.41, 5.74) is 4.21. The lowest BCUT2D eigenvalue weighted by molar-refractivity contribution is -0.132. The lowest BCUT2D eigenvalue weighted by atomic mass is 9.87. The molecule has 0 saturated carbocycles. The second-order valence-corrected chi connectivity index (χ2v) is 10.6. The van der Waals surface area contributed by atoms with Crippen molar-refractivity contribution in [1.29, 1.82) is 0 Å². The van der Waals surface area contributed by atoms with E-state index < -0.39 is 11.1 Å². The number of nitrogens with two attached hydrogens (primary N) is 1. The number of Topliss-reactive ketones (excluding diaryl/α,β-unsaturated/α-hetero) is 1. The van der Waals surface area contributed by atoms with Crippen LogP contribution < -0.4 is 21.7 Å². The molecule has 1 atom stereocenters. The second kappa shape index (κ2) is 14.2. The maximum absolute atomic E-state index is 11.4. The zero-order valence-corrected chi connectivity index (χ0v) is 22.6. The minimum absolute atomic E-state index is 0.0925. The summed E-state index contributed by atoms with van der Waals surface area (Å²) >= 11 is 0. The maximum atomic E-state index is 11.4. The Bertz CT molecular complexity index is 490. The van der Waals surface area contributed by atoms with E-state index in [4.69, 9.17) is 5.73 Å². The molecule has 1 saturated heterocycles. The monoisotopic (exact) mass is 430 g/mol. The first-order chi connectivity index (χ1) is 13.2. The van der Waals surface area contributed by atoms with Crippen LogP contribution >= 0.6 is 0 Å². The smallest absolute Gasteiger partial charge is 0.240 e. The molecular weight excluding hydrogens is 376 g/mol. The van der Waals surface area contributed by atoms with E-state index in [1.165, 1.54) is 19.8 Å². The SMILES string of the molecule is CC(=O)C(C)(C)NC(=O)C(C)(C)N.CC1NCC(C)(C)NC1(C)C.CCC.CCC. The van der Waals surface area contributed by atoms with Gasteiger partial charge in [-0.2, -0.15) is 0 Å². The Morgan fingerprint density at radius 1 is 1.00 bits per heavy atom. The van der Waals surface area contributed by atoms with Crippen molar-refractivity contribution in [2.45, 2.75) is 138 Å². The lowest BCUT2D eigenvalue weighted by Gasteiger charge is -2.47. The summed E-state index contributed by atoms with van der Waals surface area (Å²) < 4.78 is 0. The van der Waals surface area contributed by atoms with Crippen LogP contribution in [0.25, 0.3) is 0 Å². The molecule has 1 amide bonds. The summed E-state index contributed by atoms with van der Waals surface area (Å²) in [5.74, 6) is -0.419. The number of carbonyl (C=O) groups is 2. The van der Waals surface area contributed by atoms with Crippen molar-refractivity contribution in [2.24, 2.45) is 5.73 Å². The first-order valence-corrected chi connectivity index (χ1v) is 11.4. The molecule has 0 spiro atoms. The highest BCUT2D eigenvalue weighted by molar-refractivity contribution is 5.93. The van der Waals surface area contributed by atoms with Crippen molar-refractivity contribution in [3.63, 3.8) is 0 Å². The molecule has 0 aliphatic carbocycles. The number of amides is 1. The lowest BCUT2D eigenvalue weighted by Crippen LogP contribution is -2.69. The van der Waals surface area contributed by atoms with Crippen LogP contribution in [0.15, 0.2) is 0 Å². The molecule has 6 heteroatoms. The van der Waals surface area contributed by atoms with E-state index in [-0.39, 0.29) is 22.8 Å². The molecule has 30 heavy (non-hydrogen) atoms. The Morgan fingerprint density at radius 3 is 1.60 bits per heavy atom. The average Bonchev–Trinajstić information content (AvgIpc) is 2.51. The van der Waals surface area contributed by atoms with Gasteiger partial charge in [-0.15, -0.1) is 0 Å². The molecule has 1 unspecified atom stereocenters. The first kappa shape index (κ1) is 33.7. The van der Waals surface area contributed by atoms with Gasteiger partial charge in [0.25, 0.3) is 0 Å². The molecule has 0 aromatic carbocycles. The number of hydrogen-bond acceptors (Lipinski definition) is 5. The number of nitrogens with one attached hydrogen (secondary N) is 3. The molecule has 0 aromatic rings. The van der Waals surface area contributed by atoms with Gasteiger partial charge in [0, 0.05) is 23.7 Å². The molecular formula is C24H54N4O2. The third-order valence-electron chi connectivity index (χ3n) is 4.48. The third-order valence-corrected chi connectivity index (χ3v) is 4.48. The molecule has 6 nitrogen and oxygen atoms in total. The predicted octanol–water partition coefficient (Wildman–Crippen LogP) is 4.17. The highest BCUT2D eigenvalue weighted by atomic mass is 16.2. The molecule has 1 fully saturated rings. The van der Waals surface area contributed by atoms with Crippen LogP contribution in [0, 0.1) is 0 Å². The summed E-state index contributed by atoms with van der Waals surface area (Å²) in [6, 6.07) is 0.551. The zero-order chi connectivity index (χ0) is 25.0. The normalized spacial score (nSPS) is 19.5.